The average molecular weight is 314 g/mol. The zero-order valence-corrected chi connectivity index (χ0v) is 12.4. The summed E-state index contributed by atoms with van der Waals surface area (Å²) in [6.07, 6.45) is 3.29. The molecule has 1 heterocycles. The second kappa shape index (κ2) is 9.31. The number of carbonyl (C=O) groups is 1. The number of rotatable bonds is 4. The van der Waals surface area contributed by atoms with Gasteiger partial charge in [-0.2, -0.15) is 0 Å². The lowest BCUT2D eigenvalue weighted by Gasteiger charge is -1.95. The molecule has 2 aromatic rings. The smallest absolute Gasteiger partial charge is 0.244 e. The summed E-state index contributed by atoms with van der Waals surface area (Å²) in [7, 11) is 0. The number of halogens is 2. The van der Waals surface area contributed by atoms with Gasteiger partial charge in [-0.05, 0) is 12.1 Å². The molecule has 0 saturated heterocycles. The molecule has 2 rings (SSSR count). The number of fused-ring (bicyclic) bond motifs is 1. The van der Waals surface area contributed by atoms with Gasteiger partial charge in [0.25, 0.3) is 0 Å². The number of amides is 1. The maximum absolute atomic E-state index is 11.4. The lowest BCUT2D eigenvalue weighted by atomic mass is 10.2. The minimum absolute atomic E-state index is 0. The van der Waals surface area contributed by atoms with E-state index in [0.717, 1.165) is 16.6 Å². The molecule has 0 aliphatic carbocycles. The van der Waals surface area contributed by atoms with Crippen LogP contribution < -0.4 is 40.8 Å². The van der Waals surface area contributed by atoms with Crippen molar-refractivity contribution in [1.29, 1.82) is 0 Å². The zero-order chi connectivity index (χ0) is 12.8. The van der Waals surface area contributed by atoms with Gasteiger partial charge in [0.15, 0.2) is 0 Å². The number of aromatic amines is 1. The van der Waals surface area contributed by atoms with Crippen LogP contribution in [0, 0.1) is 0 Å². The van der Waals surface area contributed by atoms with E-state index in [0.29, 0.717) is 13.1 Å². The first-order valence-electron chi connectivity index (χ1n) is 5.96. The first kappa shape index (κ1) is 18.4. The zero-order valence-electron chi connectivity index (χ0n) is 10.9. The lowest BCUT2D eigenvalue weighted by Crippen LogP contribution is -3.00. The largest absolute Gasteiger partial charge is 1.00 e. The Labute approximate surface area is 130 Å². The van der Waals surface area contributed by atoms with E-state index in [1.807, 2.05) is 36.4 Å². The van der Waals surface area contributed by atoms with Crippen LogP contribution in [0.1, 0.15) is 5.69 Å². The Morgan fingerprint density at radius 1 is 1.20 bits per heavy atom. The molecule has 0 bridgehead atoms. The van der Waals surface area contributed by atoms with Crippen molar-refractivity contribution in [3.8, 4) is 0 Å². The number of benzene rings is 1. The van der Waals surface area contributed by atoms with Crippen LogP contribution in [-0.2, 0) is 4.79 Å². The molecule has 1 aromatic carbocycles. The Morgan fingerprint density at radius 3 is 2.70 bits per heavy atom. The minimum atomic E-state index is -0.0970. The maximum atomic E-state index is 11.4. The molecule has 5 N–H and O–H groups in total. The standard InChI is InChI=1S/C14H15N3O.2ClH/c15-9-10-16-14(18)8-7-12-6-5-11-3-1-2-4-13(11)17-12;;/h1-8H,9-10,15H2,(H,16,18);2*1H/b8-7+;;. The van der Waals surface area contributed by atoms with Crippen LogP contribution in [0.2, 0.25) is 0 Å². The summed E-state index contributed by atoms with van der Waals surface area (Å²) < 4.78 is 0. The van der Waals surface area contributed by atoms with Crippen molar-refractivity contribution in [2.24, 2.45) is 0 Å². The van der Waals surface area contributed by atoms with Crippen molar-refractivity contribution < 1.29 is 40.3 Å². The van der Waals surface area contributed by atoms with Gasteiger partial charge in [-0.25, -0.2) is 4.98 Å². The minimum Gasteiger partial charge on any atom is -1.00 e. The van der Waals surface area contributed by atoms with E-state index < -0.39 is 0 Å². The second-order valence-electron chi connectivity index (χ2n) is 3.98. The molecule has 108 valence electrons. The molecule has 1 amide bonds. The number of quaternary nitrogens is 1. The van der Waals surface area contributed by atoms with Gasteiger partial charge < -0.3 is 35.9 Å². The number of aromatic nitrogens is 1. The highest BCUT2D eigenvalue weighted by Crippen LogP contribution is 2.08. The van der Waals surface area contributed by atoms with E-state index in [1.54, 1.807) is 6.08 Å². The Kier molecular flexibility index (Phi) is 8.56. The van der Waals surface area contributed by atoms with Crippen molar-refractivity contribution >= 4 is 22.9 Å². The van der Waals surface area contributed by atoms with E-state index in [9.17, 15) is 4.79 Å². The predicted octanol–water partition coefficient (Wildman–Crippen LogP) is -5.97. The number of hydrogen-bond donors (Lipinski definition) is 2. The molecular weight excluding hydrogens is 297 g/mol. The highest BCUT2D eigenvalue weighted by Gasteiger charge is 2.02. The summed E-state index contributed by atoms with van der Waals surface area (Å²) in [6.45, 7) is 1.30. The van der Waals surface area contributed by atoms with Gasteiger partial charge in [0, 0.05) is 29.7 Å². The Bertz CT molecular complexity index is 587. The van der Waals surface area contributed by atoms with Gasteiger partial charge in [-0.1, -0.05) is 12.1 Å². The van der Waals surface area contributed by atoms with Gasteiger partial charge in [0.1, 0.15) is 0 Å². The third-order valence-electron chi connectivity index (χ3n) is 2.57. The van der Waals surface area contributed by atoms with Gasteiger partial charge >= 0.3 is 0 Å². The maximum Gasteiger partial charge on any atom is 0.244 e. The third kappa shape index (κ3) is 5.17. The molecule has 1 aromatic heterocycles. The molecule has 0 atom stereocenters. The van der Waals surface area contributed by atoms with Crippen LogP contribution in [0.3, 0.4) is 0 Å². The molecule has 0 aliphatic rings. The predicted molar refractivity (Wildman–Crippen MR) is 70.3 cm³/mol. The van der Waals surface area contributed by atoms with Crippen LogP contribution in [-0.4, -0.2) is 19.0 Å². The van der Waals surface area contributed by atoms with Crippen molar-refractivity contribution in [3.05, 3.63) is 48.2 Å². The number of hydrogen-bond acceptors (Lipinski definition) is 1. The normalized spacial score (nSPS) is 9.85. The van der Waals surface area contributed by atoms with Crippen molar-refractivity contribution in [2.75, 3.05) is 13.1 Å². The Morgan fingerprint density at radius 2 is 1.95 bits per heavy atom. The molecule has 20 heavy (non-hydrogen) atoms. The number of pyridine rings is 1. The molecule has 0 radical (unpaired) electrons. The van der Waals surface area contributed by atoms with Crippen LogP contribution in [0.15, 0.2) is 42.5 Å². The van der Waals surface area contributed by atoms with Crippen LogP contribution in [0.25, 0.3) is 17.0 Å². The first-order valence-corrected chi connectivity index (χ1v) is 5.96. The number of nitrogens with one attached hydrogen (secondary N) is 2. The third-order valence-corrected chi connectivity index (χ3v) is 2.57. The van der Waals surface area contributed by atoms with Crippen LogP contribution in [0.5, 0.6) is 0 Å². The highest BCUT2D eigenvalue weighted by molar-refractivity contribution is 5.91. The number of carbonyl (C=O) groups excluding carboxylic acids is 1. The quantitative estimate of drug-likeness (QED) is 0.542. The molecule has 0 fully saturated rings. The summed E-state index contributed by atoms with van der Waals surface area (Å²) in [5.74, 6) is -0.0970. The topological polar surface area (TPSA) is 70.9 Å². The summed E-state index contributed by atoms with van der Waals surface area (Å²) in [4.78, 5) is 14.7. The van der Waals surface area contributed by atoms with E-state index in [1.165, 1.54) is 6.08 Å². The van der Waals surface area contributed by atoms with Gasteiger partial charge in [-0.15, -0.1) is 0 Å². The fourth-order valence-electron chi connectivity index (χ4n) is 1.67. The molecule has 0 saturated carbocycles. The monoisotopic (exact) mass is 313 g/mol. The fraction of sp³-hybridized carbons (Fsp3) is 0.143. The van der Waals surface area contributed by atoms with Crippen molar-refractivity contribution in [3.63, 3.8) is 0 Å². The van der Waals surface area contributed by atoms with E-state index in [4.69, 9.17) is 0 Å². The number of H-pyrrole nitrogens is 1. The molecule has 6 heteroatoms. The highest BCUT2D eigenvalue weighted by atomic mass is 35.5. The molecular formula is C14H17Cl2N3O. The van der Waals surface area contributed by atoms with Crippen LogP contribution >= 0.6 is 0 Å². The summed E-state index contributed by atoms with van der Waals surface area (Å²) in [6, 6.07) is 12.0. The van der Waals surface area contributed by atoms with Gasteiger partial charge in [-0.3, -0.25) is 4.79 Å². The van der Waals surface area contributed by atoms with E-state index in [2.05, 4.69) is 16.0 Å². The molecule has 4 nitrogen and oxygen atoms in total. The molecule has 0 aliphatic heterocycles. The first-order chi connectivity index (χ1) is 8.79. The molecule has 0 unspecified atom stereocenters. The molecule has 0 spiro atoms. The Balaban J connectivity index is 0.00000180. The summed E-state index contributed by atoms with van der Waals surface area (Å²) >= 11 is 0. The van der Waals surface area contributed by atoms with E-state index in [-0.39, 0.29) is 30.7 Å². The lowest BCUT2D eigenvalue weighted by molar-refractivity contribution is -0.364. The van der Waals surface area contributed by atoms with E-state index >= 15 is 0 Å². The van der Waals surface area contributed by atoms with Gasteiger partial charge in [0.2, 0.25) is 17.1 Å². The fourth-order valence-corrected chi connectivity index (χ4v) is 1.67. The van der Waals surface area contributed by atoms with Crippen molar-refractivity contribution in [2.45, 2.75) is 0 Å². The average Bonchev–Trinajstić information content (AvgIpc) is 2.42. The van der Waals surface area contributed by atoms with Gasteiger partial charge in [0.05, 0.1) is 13.1 Å². The Hall–Kier alpha value is -1.62. The second-order valence-corrected chi connectivity index (χ2v) is 3.98. The number of para-hydroxylation sites is 1. The summed E-state index contributed by atoms with van der Waals surface area (Å²) in [5.41, 5.74) is 5.62. The SMILES string of the molecule is [Cl-].[Cl-].[NH3+]CCNC(=O)/C=C/c1ccc2ccccc2[nH+]1. The summed E-state index contributed by atoms with van der Waals surface area (Å²) in [5, 5.41) is 3.89. The van der Waals surface area contributed by atoms with Crippen LogP contribution in [0.4, 0.5) is 0 Å². The van der Waals surface area contributed by atoms with Crippen molar-refractivity contribution in [1.82, 2.24) is 5.32 Å².